The first-order chi connectivity index (χ1) is 12.5. The van der Waals surface area contributed by atoms with Gasteiger partial charge in [0.25, 0.3) is 11.8 Å². The lowest BCUT2D eigenvalue weighted by atomic mass is 10.1. The number of halogens is 2. The van der Waals surface area contributed by atoms with E-state index in [-0.39, 0.29) is 17.6 Å². The predicted molar refractivity (Wildman–Crippen MR) is 111 cm³/mol. The Hall–Kier alpha value is -1.61. The summed E-state index contributed by atoms with van der Waals surface area (Å²) in [5.41, 5.74) is 2.50. The highest BCUT2D eigenvalue weighted by Crippen LogP contribution is 2.21. The van der Waals surface area contributed by atoms with Crippen molar-refractivity contribution in [1.82, 2.24) is 4.90 Å². The lowest BCUT2D eigenvalue weighted by Crippen LogP contribution is -2.37. The smallest absolute Gasteiger partial charge is 0.256 e. The van der Waals surface area contributed by atoms with E-state index < -0.39 is 0 Å². The van der Waals surface area contributed by atoms with E-state index in [4.69, 9.17) is 0 Å². The number of hydrogen-bond donors (Lipinski definition) is 1. The van der Waals surface area contributed by atoms with Gasteiger partial charge < -0.3 is 10.2 Å². The topological polar surface area (TPSA) is 49.4 Å². The molecule has 0 bridgehead atoms. The van der Waals surface area contributed by atoms with Crippen LogP contribution in [0.25, 0.3) is 0 Å². The molecule has 26 heavy (non-hydrogen) atoms. The summed E-state index contributed by atoms with van der Waals surface area (Å²) in [6.07, 6.45) is 0. The maximum Gasteiger partial charge on any atom is 0.256 e. The summed E-state index contributed by atoms with van der Waals surface area (Å²) in [5.74, 6) is 1.29. The number of rotatable bonds is 3. The van der Waals surface area contributed by atoms with Crippen molar-refractivity contribution in [3.63, 3.8) is 0 Å². The van der Waals surface area contributed by atoms with Gasteiger partial charge in [-0.1, -0.05) is 0 Å². The van der Waals surface area contributed by atoms with Crippen molar-refractivity contribution >= 4 is 51.9 Å². The fourth-order valence-electron chi connectivity index (χ4n) is 2.75. The quantitative estimate of drug-likeness (QED) is 0.666. The van der Waals surface area contributed by atoms with Gasteiger partial charge in [-0.05, 0) is 71.5 Å². The number of benzene rings is 2. The van der Waals surface area contributed by atoms with Crippen LogP contribution < -0.4 is 5.32 Å². The van der Waals surface area contributed by atoms with E-state index >= 15 is 0 Å². The largest absolute Gasteiger partial charge is 0.337 e. The molecule has 0 radical (unpaired) electrons. The van der Waals surface area contributed by atoms with Gasteiger partial charge >= 0.3 is 0 Å². The molecule has 0 atom stereocenters. The molecule has 1 N–H and O–H groups in total. The third kappa shape index (κ3) is 4.37. The number of thioether (sulfide) groups is 1. The van der Waals surface area contributed by atoms with Gasteiger partial charge in [-0.25, -0.2) is 4.39 Å². The summed E-state index contributed by atoms with van der Waals surface area (Å²) in [6.45, 7) is 3.39. The minimum Gasteiger partial charge on any atom is -0.337 e. The Morgan fingerprint density at radius 2 is 1.88 bits per heavy atom. The Morgan fingerprint density at radius 1 is 1.15 bits per heavy atom. The molecule has 0 aliphatic carbocycles. The van der Waals surface area contributed by atoms with Crippen molar-refractivity contribution in [2.24, 2.45) is 0 Å². The first-order valence-electron chi connectivity index (χ1n) is 8.20. The zero-order valence-corrected chi connectivity index (χ0v) is 17.2. The Balaban J connectivity index is 1.75. The molecule has 7 heteroatoms. The second kappa shape index (κ2) is 8.39. The molecule has 0 saturated carbocycles. The summed E-state index contributed by atoms with van der Waals surface area (Å²) in [5, 5.41) is 2.84. The van der Waals surface area contributed by atoms with Crippen LogP contribution in [0, 0.1) is 16.3 Å². The number of nitrogens with zero attached hydrogens (tertiary/aromatic N) is 1. The number of carbonyl (C=O) groups excluding carboxylic acids is 2. The highest BCUT2D eigenvalue weighted by Gasteiger charge is 2.19. The Bertz CT molecular complexity index is 853. The van der Waals surface area contributed by atoms with E-state index in [1.165, 1.54) is 18.2 Å². The average molecular weight is 484 g/mol. The molecular weight excluding hydrogens is 466 g/mol. The van der Waals surface area contributed by atoms with E-state index in [1.54, 1.807) is 18.2 Å². The summed E-state index contributed by atoms with van der Waals surface area (Å²) < 4.78 is 13.8. The Labute approximate surface area is 169 Å². The molecule has 1 aliphatic heterocycles. The van der Waals surface area contributed by atoms with Gasteiger partial charge in [-0.2, -0.15) is 11.8 Å². The minimum absolute atomic E-state index is 0.0272. The third-order valence-corrected chi connectivity index (χ3v) is 6.03. The molecule has 1 saturated heterocycles. The number of amides is 2. The summed E-state index contributed by atoms with van der Waals surface area (Å²) >= 11 is 3.80. The fraction of sp³-hybridized carbons (Fsp3) is 0.263. The molecule has 1 heterocycles. The number of nitrogens with one attached hydrogen (secondary N) is 1. The predicted octanol–water partition coefficient (Wildman–Crippen LogP) is 4.18. The van der Waals surface area contributed by atoms with Crippen LogP contribution >= 0.6 is 34.4 Å². The molecule has 3 rings (SSSR count). The van der Waals surface area contributed by atoms with Gasteiger partial charge in [0, 0.05) is 39.4 Å². The van der Waals surface area contributed by atoms with Crippen molar-refractivity contribution in [3.05, 3.63) is 62.5 Å². The van der Waals surface area contributed by atoms with E-state index in [0.717, 1.165) is 30.2 Å². The van der Waals surface area contributed by atoms with Gasteiger partial charge in [0.05, 0.1) is 5.56 Å². The van der Waals surface area contributed by atoms with E-state index in [2.05, 4.69) is 5.32 Å². The van der Waals surface area contributed by atoms with Crippen LogP contribution in [0.3, 0.4) is 0 Å². The van der Waals surface area contributed by atoms with Crippen LogP contribution in [-0.2, 0) is 0 Å². The first kappa shape index (κ1) is 19.2. The normalized spacial score (nSPS) is 14.2. The summed E-state index contributed by atoms with van der Waals surface area (Å²) in [7, 11) is 0. The van der Waals surface area contributed by atoms with Gasteiger partial charge in [-0.3, -0.25) is 9.59 Å². The van der Waals surface area contributed by atoms with Crippen LogP contribution in [0.5, 0.6) is 0 Å². The van der Waals surface area contributed by atoms with Crippen LogP contribution in [0.15, 0.2) is 36.4 Å². The Kier molecular flexibility index (Phi) is 6.18. The molecule has 1 aliphatic rings. The zero-order chi connectivity index (χ0) is 18.7. The van der Waals surface area contributed by atoms with Crippen molar-refractivity contribution in [1.29, 1.82) is 0 Å². The third-order valence-electron chi connectivity index (χ3n) is 4.20. The molecule has 4 nitrogen and oxygen atoms in total. The molecule has 1 fully saturated rings. The molecule has 2 amide bonds. The standard InChI is InChI=1S/C19H18FIN2O2S/c1-12-10-13(19(25)23-6-8-26-9-7-23)2-5-17(12)22-18(24)15-4-3-14(20)11-16(15)21/h2-5,10-11H,6-9H2,1H3,(H,22,24). The van der Waals surface area contributed by atoms with Crippen molar-refractivity contribution in [2.45, 2.75) is 6.92 Å². The van der Waals surface area contributed by atoms with Gasteiger partial charge in [0.15, 0.2) is 0 Å². The maximum atomic E-state index is 13.2. The maximum absolute atomic E-state index is 13.2. The van der Waals surface area contributed by atoms with E-state index in [1.807, 2.05) is 46.2 Å². The first-order valence-corrected chi connectivity index (χ1v) is 10.4. The Morgan fingerprint density at radius 3 is 2.54 bits per heavy atom. The summed E-state index contributed by atoms with van der Waals surface area (Å²) in [4.78, 5) is 26.9. The molecule has 136 valence electrons. The molecule has 0 unspecified atom stereocenters. The number of aryl methyl sites for hydroxylation is 1. The van der Waals surface area contributed by atoms with Gasteiger partial charge in [0.1, 0.15) is 5.82 Å². The van der Waals surface area contributed by atoms with E-state index in [9.17, 15) is 14.0 Å². The lowest BCUT2D eigenvalue weighted by Gasteiger charge is -2.26. The molecule has 0 spiro atoms. The van der Waals surface area contributed by atoms with Gasteiger partial charge in [-0.15, -0.1) is 0 Å². The zero-order valence-electron chi connectivity index (χ0n) is 14.2. The van der Waals surface area contributed by atoms with Crippen molar-refractivity contribution < 1.29 is 14.0 Å². The summed E-state index contributed by atoms with van der Waals surface area (Å²) in [6, 6.07) is 9.34. The minimum atomic E-state index is -0.374. The highest BCUT2D eigenvalue weighted by molar-refractivity contribution is 14.1. The van der Waals surface area contributed by atoms with Crippen molar-refractivity contribution in [2.75, 3.05) is 29.9 Å². The van der Waals surface area contributed by atoms with Crippen LogP contribution in [-0.4, -0.2) is 41.3 Å². The molecular formula is C19H18FIN2O2S. The fourth-order valence-corrected chi connectivity index (χ4v) is 4.37. The van der Waals surface area contributed by atoms with E-state index in [0.29, 0.717) is 20.4 Å². The van der Waals surface area contributed by atoms with Crippen LogP contribution in [0.1, 0.15) is 26.3 Å². The average Bonchev–Trinajstić information content (AvgIpc) is 2.63. The number of anilines is 1. The van der Waals surface area contributed by atoms with Crippen LogP contribution in [0.2, 0.25) is 0 Å². The number of hydrogen-bond acceptors (Lipinski definition) is 3. The second-order valence-electron chi connectivity index (χ2n) is 6.01. The van der Waals surface area contributed by atoms with Crippen LogP contribution in [0.4, 0.5) is 10.1 Å². The van der Waals surface area contributed by atoms with Gasteiger partial charge in [0.2, 0.25) is 0 Å². The molecule has 2 aromatic rings. The number of carbonyl (C=O) groups is 2. The monoisotopic (exact) mass is 484 g/mol. The lowest BCUT2D eigenvalue weighted by molar-refractivity contribution is 0.0772. The second-order valence-corrected chi connectivity index (χ2v) is 8.40. The molecule has 2 aromatic carbocycles. The SMILES string of the molecule is Cc1cc(C(=O)N2CCSCC2)ccc1NC(=O)c1ccc(F)cc1I. The molecule has 0 aromatic heterocycles. The van der Waals surface area contributed by atoms with Crippen molar-refractivity contribution in [3.8, 4) is 0 Å². The highest BCUT2D eigenvalue weighted by atomic mass is 127.